The van der Waals surface area contributed by atoms with E-state index in [1.165, 1.54) is 12.1 Å². The van der Waals surface area contributed by atoms with Crippen molar-refractivity contribution < 1.29 is 13.7 Å². The van der Waals surface area contributed by atoms with Crippen LogP contribution in [-0.4, -0.2) is 22.5 Å². The van der Waals surface area contributed by atoms with Crippen molar-refractivity contribution in [2.24, 2.45) is 5.92 Å². The predicted molar refractivity (Wildman–Crippen MR) is 73.7 cm³/mol. The van der Waals surface area contributed by atoms with Gasteiger partial charge in [-0.2, -0.15) is 0 Å². The summed E-state index contributed by atoms with van der Waals surface area (Å²) in [7, 11) is 0. The summed E-state index contributed by atoms with van der Waals surface area (Å²) in [4.78, 5) is 14.1. The van der Waals surface area contributed by atoms with Crippen molar-refractivity contribution in [2.75, 3.05) is 6.54 Å². The highest BCUT2D eigenvalue weighted by Crippen LogP contribution is 2.35. The molecule has 2 aliphatic rings. The first-order chi connectivity index (χ1) is 10.2. The molecule has 0 unspecified atom stereocenters. The first kappa shape index (κ1) is 12.6. The van der Waals surface area contributed by atoms with Gasteiger partial charge < -0.3 is 9.42 Å². The van der Waals surface area contributed by atoms with Gasteiger partial charge in [0.05, 0.1) is 12.2 Å². The molecular formula is C16H15FN2O2. The third-order valence-corrected chi connectivity index (χ3v) is 4.18. The van der Waals surface area contributed by atoms with Crippen LogP contribution in [0.2, 0.25) is 0 Å². The lowest BCUT2D eigenvalue weighted by Crippen LogP contribution is -2.36. The number of halogens is 1. The maximum absolute atomic E-state index is 13.0. The van der Waals surface area contributed by atoms with E-state index in [1.54, 1.807) is 12.1 Å². The molecule has 1 aromatic heterocycles. The molecule has 4 nitrogen and oxygen atoms in total. The fourth-order valence-corrected chi connectivity index (χ4v) is 2.82. The lowest BCUT2D eigenvalue weighted by Gasteiger charge is -2.26. The fraction of sp³-hybridized carbons (Fsp3) is 0.375. The molecule has 1 amide bonds. The molecule has 1 aliphatic heterocycles. The summed E-state index contributed by atoms with van der Waals surface area (Å²) < 4.78 is 18.5. The highest BCUT2D eigenvalue weighted by atomic mass is 19.1. The molecule has 5 heteroatoms. The van der Waals surface area contributed by atoms with Crippen molar-refractivity contribution in [1.82, 2.24) is 10.1 Å². The molecule has 1 aromatic carbocycles. The highest BCUT2D eigenvalue weighted by Gasteiger charge is 2.36. The number of hydrogen-bond donors (Lipinski definition) is 0. The molecule has 0 bridgehead atoms. The van der Waals surface area contributed by atoms with Crippen LogP contribution in [0.15, 0.2) is 28.8 Å². The zero-order valence-corrected chi connectivity index (χ0v) is 11.5. The molecule has 21 heavy (non-hydrogen) atoms. The largest absolute Gasteiger partial charge is 0.356 e. The monoisotopic (exact) mass is 286 g/mol. The van der Waals surface area contributed by atoms with Gasteiger partial charge >= 0.3 is 0 Å². The van der Waals surface area contributed by atoms with Crippen molar-refractivity contribution in [3.63, 3.8) is 0 Å². The van der Waals surface area contributed by atoms with Crippen LogP contribution >= 0.6 is 0 Å². The van der Waals surface area contributed by atoms with Gasteiger partial charge in [0.25, 0.3) is 0 Å². The van der Waals surface area contributed by atoms with Crippen molar-refractivity contribution in [1.29, 1.82) is 0 Å². The summed E-state index contributed by atoms with van der Waals surface area (Å²) in [6.45, 7) is 1.25. The number of fused-ring (bicyclic) bond motifs is 1. The Labute approximate surface area is 121 Å². The second-order valence-corrected chi connectivity index (χ2v) is 5.73. The van der Waals surface area contributed by atoms with E-state index < -0.39 is 0 Å². The van der Waals surface area contributed by atoms with Gasteiger partial charge in [0, 0.05) is 30.0 Å². The van der Waals surface area contributed by atoms with Crippen LogP contribution in [0.25, 0.3) is 11.3 Å². The number of hydrogen-bond acceptors (Lipinski definition) is 3. The summed E-state index contributed by atoms with van der Waals surface area (Å²) in [6.07, 6.45) is 2.74. The summed E-state index contributed by atoms with van der Waals surface area (Å²) in [5.74, 6) is 0.837. The van der Waals surface area contributed by atoms with E-state index in [-0.39, 0.29) is 17.6 Å². The average Bonchev–Trinajstić information content (AvgIpc) is 3.27. The van der Waals surface area contributed by atoms with Crippen molar-refractivity contribution in [2.45, 2.75) is 25.8 Å². The molecule has 2 aromatic rings. The third-order valence-electron chi connectivity index (χ3n) is 4.18. The minimum Gasteiger partial charge on any atom is -0.356 e. The Balaban J connectivity index is 1.65. The number of benzene rings is 1. The van der Waals surface area contributed by atoms with Gasteiger partial charge in [-0.15, -0.1) is 0 Å². The number of carbonyl (C=O) groups excluding carboxylic acids is 1. The van der Waals surface area contributed by atoms with Crippen LogP contribution in [0.3, 0.4) is 0 Å². The maximum Gasteiger partial charge on any atom is 0.225 e. The van der Waals surface area contributed by atoms with Crippen molar-refractivity contribution in [3.05, 3.63) is 41.3 Å². The highest BCUT2D eigenvalue weighted by molar-refractivity contribution is 5.81. The first-order valence-electron chi connectivity index (χ1n) is 7.24. The van der Waals surface area contributed by atoms with E-state index in [4.69, 9.17) is 4.52 Å². The van der Waals surface area contributed by atoms with Gasteiger partial charge in [-0.05, 0) is 37.1 Å². The van der Waals surface area contributed by atoms with E-state index in [0.29, 0.717) is 18.8 Å². The van der Waals surface area contributed by atoms with E-state index in [9.17, 15) is 9.18 Å². The number of rotatable bonds is 2. The van der Waals surface area contributed by atoms with Crippen LogP contribution in [0.5, 0.6) is 0 Å². The minimum atomic E-state index is -0.280. The van der Waals surface area contributed by atoms with E-state index in [0.717, 1.165) is 36.1 Å². The van der Waals surface area contributed by atoms with E-state index >= 15 is 0 Å². The summed E-state index contributed by atoms with van der Waals surface area (Å²) >= 11 is 0. The molecular weight excluding hydrogens is 271 g/mol. The number of aromatic nitrogens is 1. The average molecular weight is 286 g/mol. The lowest BCUT2D eigenvalue weighted by molar-refractivity contribution is -0.133. The molecule has 1 aliphatic carbocycles. The zero-order chi connectivity index (χ0) is 14.4. The SMILES string of the molecule is O=C(C1CC1)N1CCc2noc(-c3ccc(F)cc3)c2C1. The van der Waals surface area contributed by atoms with Gasteiger partial charge in [-0.1, -0.05) is 5.16 Å². The van der Waals surface area contributed by atoms with Crippen molar-refractivity contribution >= 4 is 5.91 Å². The van der Waals surface area contributed by atoms with Crippen LogP contribution in [0.1, 0.15) is 24.1 Å². The molecule has 4 rings (SSSR count). The standard InChI is InChI=1S/C16H15FN2O2/c17-12-5-3-10(4-6-12)15-13-9-19(16(20)11-1-2-11)8-7-14(13)18-21-15/h3-6,11H,1-2,7-9H2. The van der Waals surface area contributed by atoms with Gasteiger partial charge in [0.2, 0.25) is 5.91 Å². The molecule has 1 fully saturated rings. The normalized spacial score (nSPS) is 17.7. The minimum absolute atomic E-state index is 0.223. The zero-order valence-electron chi connectivity index (χ0n) is 11.5. The third kappa shape index (κ3) is 2.22. The molecule has 0 atom stereocenters. The van der Waals surface area contributed by atoms with Crippen molar-refractivity contribution in [3.8, 4) is 11.3 Å². The molecule has 0 N–H and O–H groups in total. The van der Waals surface area contributed by atoms with E-state index in [2.05, 4.69) is 5.16 Å². The molecule has 0 radical (unpaired) electrons. The van der Waals surface area contributed by atoms with Crippen LogP contribution in [0, 0.1) is 11.7 Å². The van der Waals surface area contributed by atoms with Gasteiger partial charge in [0.1, 0.15) is 5.82 Å². The molecule has 0 saturated heterocycles. The van der Waals surface area contributed by atoms with Crippen LogP contribution in [-0.2, 0) is 17.8 Å². The fourth-order valence-electron chi connectivity index (χ4n) is 2.82. The molecule has 1 saturated carbocycles. The van der Waals surface area contributed by atoms with Gasteiger partial charge in [-0.25, -0.2) is 4.39 Å². The summed E-state index contributed by atoms with van der Waals surface area (Å²) in [5.41, 5.74) is 2.67. The van der Waals surface area contributed by atoms with Gasteiger partial charge in [-0.3, -0.25) is 4.79 Å². The van der Waals surface area contributed by atoms with Gasteiger partial charge in [0.15, 0.2) is 5.76 Å². The quantitative estimate of drug-likeness (QED) is 0.853. The van der Waals surface area contributed by atoms with E-state index in [1.807, 2.05) is 4.90 Å². The first-order valence-corrected chi connectivity index (χ1v) is 7.24. The number of carbonyl (C=O) groups is 1. The molecule has 108 valence electrons. The number of amides is 1. The van der Waals surface area contributed by atoms with Crippen LogP contribution < -0.4 is 0 Å². The number of nitrogens with zero attached hydrogens (tertiary/aromatic N) is 2. The Kier molecular flexibility index (Phi) is 2.80. The lowest BCUT2D eigenvalue weighted by atomic mass is 10.0. The Morgan fingerprint density at radius 2 is 2.05 bits per heavy atom. The second-order valence-electron chi connectivity index (χ2n) is 5.73. The summed E-state index contributed by atoms with van der Waals surface area (Å²) in [6, 6.07) is 6.16. The van der Waals surface area contributed by atoms with Crippen LogP contribution in [0.4, 0.5) is 4.39 Å². The smallest absolute Gasteiger partial charge is 0.225 e. The molecule has 0 spiro atoms. The Bertz CT molecular complexity index is 689. The Morgan fingerprint density at radius 1 is 1.29 bits per heavy atom. The topological polar surface area (TPSA) is 46.3 Å². The Morgan fingerprint density at radius 3 is 2.76 bits per heavy atom. The second kappa shape index (κ2) is 4.69. The predicted octanol–water partition coefficient (Wildman–Crippen LogP) is 2.78. The molecule has 2 heterocycles. The summed E-state index contributed by atoms with van der Waals surface area (Å²) in [5, 5.41) is 4.10. The Hall–Kier alpha value is -2.17. The maximum atomic E-state index is 13.0.